The van der Waals surface area contributed by atoms with Crippen molar-refractivity contribution in [3.63, 3.8) is 0 Å². The molecule has 6 nitrogen and oxygen atoms in total. The standard InChI is InChI=1S/C10H11N3O3/c11-6-1-2-7-8(5-6)13(10(16)12-7)4-3-9(14)15/h1-2,5H,3-4,11H2,(H,12,16)(H,14,15). The fraction of sp³-hybridized carbons (Fsp3) is 0.200. The van der Waals surface area contributed by atoms with Crippen molar-refractivity contribution < 1.29 is 9.90 Å². The van der Waals surface area contributed by atoms with E-state index in [1.165, 1.54) is 4.57 Å². The molecular weight excluding hydrogens is 210 g/mol. The van der Waals surface area contributed by atoms with E-state index in [1.54, 1.807) is 18.2 Å². The molecule has 0 saturated heterocycles. The lowest BCUT2D eigenvalue weighted by Gasteiger charge is -2.01. The molecule has 0 aliphatic rings. The Hall–Kier alpha value is -2.24. The van der Waals surface area contributed by atoms with Crippen LogP contribution >= 0.6 is 0 Å². The number of aromatic nitrogens is 2. The number of carboxylic acid groups (broad SMARTS) is 1. The Morgan fingerprint density at radius 2 is 2.25 bits per heavy atom. The zero-order valence-electron chi connectivity index (χ0n) is 8.43. The van der Waals surface area contributed by atoms with Gasteiger partial charge in [0.05, 0.1) is 17.5 Å². The largest absolute Gasteiger partial charge is 0.481 e. The lowest BCUT2D eigenvalue weighted by Crippen LogP contribution is -2.18. The molecule has 4 N–H and O–H groups in total. The fourth-order valence-electron chi connectivity index (χ4n) is 1.60. The number of nitrogens with one attached hydrogen (secondary N) is 1. The van der Waals surface area contributed by atoms with Crippen LogP contribution < -0.4 is 11.4 Å². The Balaban J connectivity index is 2.50. The van der Waals surface area contributed by atoms with Crippen LogP contribution in [-0.4, -0.2) is 20.6 Å². The van der Waals surface area contributed by atoms with Crippen LogP contribution in [0.25, 0.3) is 11.0 Å². The van der Waals surface area contributed by atoms with Crippen LogP contribution in [0.2, 0.25) is 0 Å². The summed E-state index contributed by atoms with van der Waals surface area (Å²) >= 11 is 0. The maximum atomic E-state index is 11.5. The van der Waals surface area contributed by atoms with E-state index in [9.17, 15) is 9.59 Å². The highest BCUT2D eigenvalue weighted by atomic mass is 16.4. The summed E-state index contributed by atoms with van der Waals surface area (Å²) in [5, 5.41) is 8.58. The number of benzene rings is 1. The molecule has 0 unspecified atom stereocenters. The van der Waals surface area contributed by atoms with Gasteiger partial charge < -0.3 is 15.8 Å². The van der Waals surface area contributed by atoms with E-state index >= 15 is 0 Å². The second kappa shape index (κ2) is 3.73. The number of carboxylic acids is 1. The van der Waals surface area contributed by atoms with Gasteiger partial charge in [-0.05, 0) is 18.2 Å². The second-order valence-electron chi connectivity index (χ2n) is 3.50. The average molecular weight is 221 g/mol. The molecule has 6 heteroatoms. The second-order valence-corrected chi connectivity index (χ2v) is 3.50. The smallest absolute Gasteiger partial charge is 0.326 e. The molecule has 1 aromatic heterocycles. The van der Waals surface area contributed by atoms with Crippen LogP contribution in [-0.2, 0) is 11.3 Å². The van der Waals surface area contributed by atoms with Gasteiger partial charge in [-0.3, -0.25) is 9.36 Å². The van der Waals surface area contributed by atoms with Gasteiger partial charge in [0.1, 0.15) is 0 Å². The first-order valence-electron chi connectivity index (χ1n) is 4.78. The molecule has 0 aliphatic heterocycles. The molecule has 1 aromatic carbocycles. The van der Waals surface area contributed by atoms with Gasteiger partial charge in [-0.15, -0.1) is 0 Å². The number of rotatable bonds is 3. The number of nitrogens with zero attached hydrogens (tertiary/aromatic N) is 1. The van der Waals surface area contributed by atoms with Gasteiger partial charge in [-0.1, -0.05) is 0 Å². The number of aliphatic carboxylic acids is 1. The Bertz CT molecular complexity index is 597. The van der Waals surface area contributed by atoms with Gasteiger partial charge in [0.15, 0.2) is 0 Å². The molecular formula is C10H11N3O3. The van der Waals surface area contributed by atoms with E-state index in [2.05, 4.69) is 4.98 Å². The molecule has 0 atom stereocenters. The first kappa shape index (κ1) is 10.3. The number of fused-ring (bicyclic) bond motifs is 1. The third-order valence-corrected chi connectivity index (χ3v) is 2.35. The molecule has 84 valence electrons. The van der Waals surface area contributed by atoms with Crippen molar-refractivity contribution in [1.82, 2.24) is 9.55 Å². The number of hydrogen-bond donors (Lipinski definition) is 3. The van der Waals surface area contributed by atoms with Crippen LogP contribution in [0.1, 0.15) is 6.42 Å². The summed E-state index contributed by atoms with van der Waals surface area (Å²) in [6.07, 6.45) is -0.0956. The number of carbonyl (C=O) groups is 1. The van der Waals surface area contributed by atoms with Crippen LogP contribution in [0.3, 0.4) is 0 Å². The lowest BCUT2D eigenvalue weighted by atomic mass is 10.3. The minimum Gasteiger partial charge on any atom is -0.481 e. The molecule has 0 fully saturated rings. The number of nitrogens with two attached hydrogens (primary N) is 1. The number of anilines is 1. The van der Waals surface area contributed by atoms with E-state index in [4.69, 9.17) is 10.8 Å². The van der Waals surface area contributed by atoms with E-state index in [0.29, 0.717) is 16.7 Å². The molecule has 0 radical (unpaired) electrons. The van der Waals surface area contributed by atoms with Crippen molar-refractivity contribution >= 4 is 22.7 Å². The van der Waals surface area contributed by atoms with Crippen molar-refractivity contribution in [2.24, 2.45) is 0 Å². The summed E-state index contributed by atoms with van der Waals surface area (Å²) in [6, 6.07) is 5.03. The predicted octanol–water partition coefficient (Wildman–Crippen LogP) is 0.386. The minimum absolute atomic E-state index is 0.0956. The van der Waals surface area contributed by atoms with Crippen molar-refractivity contribution in [2.45, 2.75) is 13.0 Å². The molecule has 16 heavy (non-hydrogen) atoms. The molecule has 0 bridgehead atoms. The Kier molecular flexibility index (Phi) is 2.40. The average Bonchev–Trinajstić information content (AvgIpc) is 2.51. The summed E-state index contributed by atoms with van der Waals surface area (Å²) in [4.78, 5) is 24.6. The number of imidazole rings is 1. The van der Waals surface area contributed by atoms with Crippen LogP contribution in [0.5, 0.6) is 0 Å². The number of aromatic amines is 1. The third kappa shape index (κ3) is 1.77. The van der Waals surface area contributed by atoms with E-state index in [0.717, 1.165) is 0 Å². The first-order chi connectivity index (χ1) is 7.58. The van der Waals surface area contributed by atoms with Crippen molar-refractivity contribution in [3.8, 4) is 0 Å². The number of aryl methyl sites for hydroxylation is 1. The van der Waals surface area contributed by atoms with Crippen LogP contribution in [0, 0.1) is 0 Å². The molecule has 2 aromatic rings. The van der Waals surface area contributed by atoms with Gasteiger partial charge in [-0.25, -0.2) is 4.79 Å². The fourth-order valence-corrected chi connectivity index (χ4v) is 1.60. The van der Waals surface area contributed by atoms with Gasteiger partial charge in [0, 0.05) is 12.2 Å². The molecule has 0 amide bonds. The van der Waals surface area contributed by atoms with Gasteiger partial charge in [0.2, 0.25) is 0 Å². The van der Waals surface area contributed by atoms with Gasteiger partial charge in [0.25, 0.3) is 0 Å². The van der Waals surface area contributed by atoms with Crippen molar-refractivity contribution in [1.29, 1.82) is 0 Å². The maximum Gasteiger partial charge on any atom is 0.326 e. The van der Waals surface area contributed by atoms with E-state index in [-0.39, 0.29) is 18.7 Å². The Labute approximate surface area is 90.3 Å². The number of hydrogen-bond acceptors (Lipinski definition) is 3. The zero-order chi connectivity index (χ0) is 11.7. The first-order valence-corrected chi connectivity index (χ1v) is 4.78. The highest BCUT2D eigenvalue weighted by Gasteiger charge is 2.08. The SMILES string of the molecule is Nc1ccc2[nH]c(=O)n(CCC(=O)O)c2c1. The van der Waals surface area contributed by atoms with Crippen molar-refractivity contribution in [3.05, 3.63) is 28.7 Å². The summed E-state index contributed by atoms with van der Waals surface area (Å²) in [7, 11) is 0. The van der Waals surface area contributed by atoms with Gasteiger partial charge >= 0.3 is 11.7 Å². The predicted molar refractivity (Wildman–Crippen MR) is 59.2 cm³/mol. The van der Waals surface area contributed by atoms with Crippen LogP contribution in [0.4, 0.5) is 5.69 Å². The van der Waals surface area contributed by atoms with E-state index in [1.807, 2.05) is 0 Å². The molecule has 0 aliphatic carbocycles. The molecule has 0 saturated carbocycles. The topological polar surface area (TPSA) is 101 Å². The van der Waals surface area contributed by atoms with Crippen molar-refractivity contribution in [2.75, 3.05) is 5.73 Å². The normalized spacial score (nSPS) is 10.8. The third-order valence-electron chi connectivity index (χ3n) is 2.35. The number of H-pyrrole nitrogens is 1. The highest BCUT2D eigenvalue weighted by molar-refractivity contribution is 5.79. The molecule has 2 rings (SSSR count). The summed E-state index contributed by atoms with van der Waals surface area (Å²) in [5.74, 6) is -0.940. The Morgan fingerprint density at radius 3 is 2.94 bits per heavy atom. The Morgan fingerprint density at radius 1 is 1.50 bits per heavy atom. The number of nitrogen functional groups attached to an aromatic ring is 1. The van der Waals surface area contributed by atoms with Crippen LogP contribution in [0.15, 0.2) is 23.0 Å². The lowest BCUT2D eigenvalue weighted by molar-refractivity contribution is -0.137. The van der Waals surface area contributed by atoms with Gasteiger partial charge in [-0.2, -0.15) is 0 Å². The summed E-state index contributed by atoms with van der Waals surface area (Å²) in [5.41, 5.74) is 7.12. The summed E-state index contributed by atoms with van der Waals surface area (Å²) < 4.78 is 1.37. The molecule has 1 heterocycles. The quantitative estimate of drug-likeness (QED) is 0.652. The minimum atomic E-state index is -0.940. The molecule has 0 spiro atoms. The monoisotopic (exact) mass is 221 g/mol. The maximum absolute atomic E-state index is 11.5. The van der Waals surface area contributed by atoms with E-state index < -0.39 is 5.97 Å². The summed E-state index contributed by atoms with van der Waals surface area (Å²) in [6.45, 7) is 0.137. The zero-order valence-corrected chi connectivity index (χ0v) is 8.43. The highest BCUT2D eigenvalue weighted by Crippen LogP contribution is 2.14.